The minimum atomic E-state index is -0.126. The predicted octanol–water partition coefficient (Wildman–Crippen LogP) is 13.5. The SMILES string of the molecule is Cc1nn(-c2[c-]c(Oc3[c-]c4c(cc3)c3ccccc3n4-c3cc(CC(C)C)ccn3)cc(C(C)(C)C)c2)c(C)c1C1C(C(C)C)=C[C@H](C(C)C)C[C@@H]1C(C)C.[Pt+2]. The van der Waals surface area contributed by atoms with Gasteiger partial charge in [-0.1, -0.05) is 112 Å². The molecule has 0 saturated heterocycles. The molecule has 3 aromatic heterocycles. The third kappa shape index (κ3) is 8.47. The second-order valence-electron chi connectivity index (χ2n) is 18.9. The summed E-state index contributed by atoms with van der Waals surface area (Å²) in [5.74, 6) is 5.88. The van der Waals surface area contributed by atoms with Gasteiger partial charge in [0.1, 0.15) is 5.82 Å². The molecule has 6 heteroatoms. The third-order valence-corrected chi connectivity index (χ3v) is 12.2. The number of allylic oxidation sites excluding steroid dienone is 2. The maximum absolute atomic E-state index is 6.78. The Morgan fingerprint density at radius 1 is 0.842 bits per heavy atom. The molecule has 0 saturated carbocycles. The van der Waals surface area contributed by atoms with Crippen LogP contribution in [0, 0.1) is 61.5 Å². The molecule has 1 unspecified atom stereocenters. The monoisotopic (exact) mass is 941 g/mol. The molecule has 0 N–H and O–H groups in total. The van der Waals surface area contributed by atoms with Crippen LogP contribution in [0.5, 0.6) is 11.5 Å². The molecule has 3 heterocycles. The van der Waals surface area contributed by atoms with Gasteiger partial charge in [-0.25, -0.2) is 4.98 Å². The molecular weight excluding hydrogens is 880 g/mol. The molecule has 0 amide bonds. The van der Waals surface area contributed by atoms with Crippen LogP contribution in [0.4, 0.5) is 0 Å². The Bertz CT molecular complexity index is 2400. The van der Waals surface area contributed by atoms with Gasteiger partial charge in [-0.3, -0.25) is 4.68 Å². The van der Waals surface area contributed by atoms with Crippen molar-refractivity contribution in [3.63, 3.8) is 0 Å². The summed E-state index contributed by atoms with van der Waals surface area (Å²) in [6.07, 6.45) is 6.76. The Morgan fingerprint density at radius 2 is 1.58 bits per heavy atom. The van der Waals surface area contributed by atoms with E-state index in [4.69, 9.17) is 14.8 Å². The summed E-state index contributed by atoms with van der Waals surface area (Å²) < 4.78 is 11.1. The maximum atomic E-state index is 6.78. The van der Waals surface area contributed by atoms with Crippen LogP contribution in [0.1, 0.15) is 117 Å². The molecule has 1 aliphatic carbocycles. The van der Waals surface area contributed by atoms with Gasteiger partial charge in [-0.15, -0.1) is 41.3 Å². The molecule has 5 nitrogen and oxygen atoms in total. The first-order valence-corrected chi connectivity index (χ1v) is 21.0. The summed E-state index contributed by atoms with van der Waals surface area (Å²) in [5.41, 5.74) is 10.5. The third-order valence-electron chi connectivity index (χ3n) is 12.2. The van der Waals surface area contributed by atoms with Crippen molar-refractivity contribution in [2.24, 2.45) is 35.5 Å². The van der Waals surface area contributed by atoms with Crippen LogP contribution in [-0.4, -0.2) is 19.3 Å². The van der Waals surface area contributed by atoms with E-state index in [2.05, 4.69) is 172 Å². The van der Waals surface area contributed by atoms with E-state index in [-0.39, 0.29) is 26.5 Å². The number of nitrogens with zero attached hydrogens (tertiary/aromatic N) is 4. The van der Waals surface area contributed by atoms with Gasteiger partial charge in [0.25, 0.3) is 0 Å². The van der Waals surface area contributed by atoms with E-state index >= 15 is 0 Å². The van der Waals surface area contributed by atoms with Crippen molar-refractivity contribution in [1.29, 1.82) is 0 Å². The van der Waals surface area contributed by atoms with Crippen molar-refractivity contribution in [3.8, 4) is 23.0 Å². The van der Waals surface area contributed by atoms with E-state index in [1.165, 1.54) is 23.2 Å². The standard InChI is InChI=1S/C51H62N4O.Pt/c1-30(2)22-36-20-21-52-48(23-36)54-46-17-15-14-16-42(46)43-19-18-40(29-47(43)54)56-41-27-38(51(11,12)13)26-39(28-41)55-35(10)49(34(9)53-55)50-44(32(5)6)24-37(31(3)4)25-45(50)33(7)8;/h14-21,23-24,26-27,30-33,37,45,50H,22,25H2,1-13H3;/q-2;+2/t37-,45+,50?;/m0./s1. The summed E-state index contributed by atoms with van der Waals surface area (Å²) >= 11 is 0. The number of para-hydroxylation sites is 1. The number of hydrogen-bond donors (Lipinski definition) is 0. The second kappa shape index (κ2) is 16.7. The Hall–Kier alpha value is -3.95. The van der Waals surface area contributed by atoms with Crippen LogP contribution in [0.15, 0.2) is 78.5 Å². The number of aryl methyl sites for hydroxylation is 1. The molecule has 0 radical (unpaired) electrons. The van der Waals surface area contributed by atoms with Crippen molar-refractivity contribution >= 4 is 21.8 Å². The topological polar surface area (TPSA) is 44.9 Å². The molecule has 3 atom stereocenters. The fourth-order valence-electron chi connectivity index (χ4n) is 9.11. The first kappa shape index (κ1) is 42.6. The van der Waals surface area contributed by atoms with Crippen LogP contribution in [-0.2, 0) is 32.9 Å². The van der Waals surface area contributed by atoms with Crippen LogP contribution in [0.25, 0.3) is 33.3 Å². The fourth-order valence-corrected chi connectivity index (χ4v) is 9.11. The van der Waals surface area contributed by atoms with E-state index in [1.807, 2.05) is 12.3 Å². The smallest absolute Gasteiger partial charge is 0.509 e. The van der Waals surface area contributed by atoms with Gasteiger partial charge in [0.05, 0.1) is 5.69 Å². The minimum Gasteiger partial charge on any atom is -0.509 e. The predicted molar refractivity (Wildman–Crippen MR) is 234 cm³/mol. The van der Waals surface area contributed by atoms with Crippen molar-refractivity contribution in [2.75, 3.05) is 0 Å². The quantitative estimate of drug-likeness (QED) is 0.102. The Kier molecular flexibility index (Phi) is 12.5. The first-order chi connectivity index (χ1) is 26.5. The van der Waals surface area contributed by atoms with Gasteiger partial charge >= 0.3 is 21.1 Å². The Balaban J connectivity index is 0.00000549. The summed E-state index contributed by atoms with van der Waals surface area (Å²) in [6.45, 7) is 30.0. The molecular formula is C51H62N4OPt. The zero-order chi connectivity index (χ0) is 40.2. The minimum absolute atomic E-state index is 0. The molecule has 0 fully saturated rings. The van der Waals surface area contributed by atoms with Crippen molar-refractivity contribution < 1.29 is 25.8 Å². The summed E-state index contributed by atoms with van der Waals surface area (Å²) in [4.78, 5) is 4.86. The van der Waals surface area contributed by atoms with Gasteiger partial charge in [-0.05, 0) is 102 Å². The number of rotatable bonds is 10. The summed E-state index contributed by atoms with van der Waals surface area (Å²) in [6, 6.07) is 28.7. The molecule has 6 aromatic rings. The molecule has 0 spiro atoms. The van der Waals surface area contributed by atoms with E-state index in [9.17, 15) is 0 Å². The van der Waals surface area contributed by atoms with E-state index in [0.717, 1.165) is 51.0 Å². The van der Waals surface area contributed by atoms with E-state index in [1.54, 1.807) is 5.57 Å². The second-order valence-corrected chi connectivity index (χ2v) is 18.9. The number of hydrogen-bond acceptors (Lipinski definition) is 3. The molecule has 0 bridgehead atoms. The van der Waals surface area contributed by atoms with Crippen LogP contribution in [0.2, 0.25) is 0 Å². The number of ether oxygens (including phenoxy) is 1. The fraction of sp³-hybridized carbons (Fsp3) is 0.451. The zero-order valence-electron chi connectivity index (χ0n) is 36.4. The van der Waals surface area contributed by atoms with Crippen molar-refractivity contribution in [3.05, 3.63) is 119 Å². The number of aromatic nitrogens is 4. The largest absolute Gasteiger partial charge is 2.00 e. The molecule has 7 rings (SSSR count). The normalized spacial score (nSPS) is 17.6. The summed E-state index contributed by atoms with van der Waals surface area (Å²) in [5, 5.41) is 7.57. The zero-order valence-corrected chi connectivity index (χ0v) is 38.7. The van der Waals surface area contributed by atoms with Crippen molar-refractivity contribution in [2.45, 2.75) is 114 Å². The van der Waals surface area contributed by atoms with Crippen LogP contribution >= 0.6 is 0 Å². The van der Waals surface area contributed by atoms with Crippen molar-refractivity contribution in [1.82, 2.24) is 19.3 Å². The molecule has 302 valence electrons. The number of pyridine rings is 1. The van der Waals surface area contributed by atoms with Gasteiger partial charge in [0.2, 0.25) is 0 Å². The van der Waals surface area contributed by atoms with Gasteiger partial charge in [-0.2, -0.15) is 11.2 Å². The van der Waals surface area contributed by atoms with Gasteiger partial charge in [0, 0.05) is 40.4 Å². The molecule has 57 heavy (non-hydrogen) atoms. The van der Waals surface area contributed by atoms with Gasteiger partial charge in [0.15, 0.2) is 0 Å². The average Bonchev–Trinajstić information content (AvgIpc) is 3.62. The first-order valence-electron chi connectivity index (χ1n) is 21.0. The van der Waals surface area contributed by atoms with Crippen LogP contribution in [0.3, 0.4) is 0 Å². The average molecular weight is 942 g/mol. The Morgan fingerprint density at radius 3 is 2.25 bits per heavy atom. The number of benzene rings is 3. The molecule has 3 aromatic carbocycles. The summed E-state index contributed by atoms with van der Waals surface area (Å²) in [7, 11) is 0. The van der Waals surface area contributed by atoms with E-state index < -0.39 is 0 Å². The molecule has 0 aliphatic heterocycles. The maximum Gasteiger partial charge on any atom is 2.00 e. The van der Waals surface area contributed by atoms with Gasteiger partial charge < -0.3 is 9.30 Å². The van der Waals surface area contributed by atoms with Crippen LogP contribution < -0.4 is 4.74 Å². The molecule has 1 aliphatic rings. The number of fused-ring (bicyclic) bond motifs is 3. The Labute approximate surface area is 356 Å². The van der Waals surface area contributed by atoms with E-state index in [0.29, 0.717) is 52.9 Å².